The molecule has 0 aliphatic carbocycles. The number of hydrogen-bond acceptors (Lipinski definition) is 3. The molecule has 2 heterocycles. The van der Waals surface area contributed by atoms with Crippen LogP contribution in [0.5, 0.6) is 0 Å². The van der Waals surface area contributed by atoms with Crippen LogP contribution in [0, 0.1) is 13.8 Å². The van der Waals surface area contributed by atoms with Crippen LogP contribution < -0.4 is 10.6 Å². The molecule has 7 heteroatoms. The number of aromatic nitrogens is 4. The summed E-state index contributed by atoms with van der Waals surface area (Å²) in [6, 6.07) is 2.05. The van der Waals surface area contributed by atoms with Crippen LogP contribution in [0.15, 0.2) is 12.3 Å². The van der Waals surface area contributed by atoms with Crippen molar-refractivity contribution in [3.8, 4) is 0 Å². The second-order valence-electron chi connectivity index (χ2n) is 5.03. The number of aryl methyl sites for hydroxylation is 4. The van der Waals surface area contributed by atoms with Gasteiger partial charge in [0.05, 0.1) is 17.9 Å². The van der Waals surface area contributed by atoms with Crippen LogP contribution in [0.1, 0.15) is 29.6 Å². The van der Waals surface area contributed by atoms with Gasteiger partial charge in [0, 0.05) is 37.6 Å². The fourth-order valence-corrected chi connectivity index (χ4v) is 2.17. The average molecular weight is 306 g/mol. The average Bonchev–Trinajstić information content (AvgIpc) is 2.97. The van der Waals surface area contributed by atoms with Crippen LogP contribution in [-0.2, 0) is 26.7 Å². The smallest absolute Gasteiger partial charge is 0.166 e. The summed E-state index contributed by atoms with van der Waals surface area (Å²) in [5.41, 5.74) is 4.31. The van der Waals surface area contributed by atoms with Gasteiger partial charge in [-0.25, -0.2) is 0 Å². The Bertz CT molecular complexity index is 608. The molecule has 2 N–H and O–H groups in total. The Kier molecular flexibility index (Phi) is 4.95. The van der Waals surface area contributed by atoms with E-state index >= 15 is 0 Å². The van der Waals surface area contributed by atoms with Gasteiger partial charge in [-0.3, -0.25) is 9.36 Å². The predicted molar refractivity (Wildman–Crippen MR) is 86.9 cm³/mol. The summed E-state index contributed by atoms with van der Waals surface area (Å²) in [6.07, 6.45) is 2.05. The summed E-state index contributed by atoms with van der Waals surface area (Å²) in [5.74, 6) is 0. The van der Waals surface area contributed by atoms with E-state index < -0.39 is 0 Å². The molecule has 0 unspecified atom stereocenters. The van der Waals surface area contributed by atoms with E-state index in [0.717, 1.165) is 29.2 Å². The molecule has 21 heavy (non-hydrogen) atoms. The van der Waals surface area contributed by atoms with E-state index in [1.54, 1.807) is 0 Å². The van der Waals surface area contributed by atoms with Gasteiger partial charge >= 0.3 is 0 Å². The maximum absolute atomic E-state index is 5.29. The first-order valence-electron chi connectivity index (χ1n) is 7.03. The summed E-state index contributed by atoms with van der Waals surface area (Å²) in [4.78, 5) is 0. The third-order valence-corrected chi connectivity index (χ3v) is 3.69. The van der Waals surface area contributed by atoms with Crippen molar-refractivity contribution in [2.24, 2.45) is 7.05 Å². The molecule has 0 amide bonds. The van der Waals surface area contributed by atoms with E-state index in [1.165, 1.54) is 0 Å². The van der Waals surface area contributed by atoms with Crippen LogP contribution in [0.3, 0.4) is 0 Å². The second-order valence-corrected chi connectivity index (χ2v) is 5.44. The lowest BCUT2D eigenvalue weighted by atomic mass is 10.3. The summed E-state index contributed by atoms with van der Waals surface area (Å²) in [5, 5.41) is 15.8. The highest BCUT2D eigenvalue weighted by Gasteiger charge is 2.05. The molecule has 0 saturated carbocycles. The Morgan fingerprint density at radius 1 is 1.24 bits per heavy atom. The first kappa shape index (κ1) is 15.5. The molecule has 0 fully saturated rings. The summed E-state index contributed by atoms with van der Waals surface area (Å²) in [6.45, 7) is 8.30. The fourth-order valence-electron chi connectivity index (χ4n) is 2.02. The number of nitrogens with zero attached hydrogens (tertiary/aromatic N) is 4. The molecule has 2 rings (SSSR count). The lowest BCUT2D eigenvalue weighted by molar-refractivity contribution is 0.653. The largest absolute Gasteiger partial charge is 0.359 e. The van der Waals surface area contributed by atoms with E-state index in [4.69, 9.17) is 12.2 Å². The molecular weight excluding hydrogens is 284 g/mol. The molecule has 0 aliphatic heterocycles. The van der Waals surface area contributed by atoms with Gasteiger partial charge in [0.2, 0.25) is 0 Å². The molecular formula is C14H22N6S. The maximum atomic E-state index is 5.29. The number of hydrogen-bond donors (Lipinski definition) is 2. The van der Waals surface area contributed by atoms with Gasteiger partial charge in [0.15, 0.2) is 5.11 Å². The van der Waals surface area contributed by atoms with Crippen molar-refractivity contribution >= 4 is 17.3 Å². The van der Waals surface area contributed by atoms with Crippen LogP contribution in [0.2, 0.25) is 0 Å². The topological polar surface area (TPSA) is 59.7 Å². The SMILES string of the molecule is CCn1cc(CNC(=S)NCc2cc(C)n(C)n2)c(C)n1. The van der Waals surface area contributed by atoms with Crippen molar-refractivity contribution in [3.63, 3.8) is 0 Å². The zero-order chi connectivity index (χ0) is 15.4. The van der Waals surface area contributed by atoms with Gasteiger partial charge in [-0.2, -0.15) is 10.2 Å². The Labute approximate surface area is 130 Å². The summed E-state index contributed by atoms with van der Waals surface area (Å²) < 4.78 is 3.79. The Balaban J connectivity index is 1.80. The van der Waals surface area contributed by atoms with Gasteiger partial charge in [0.1, 0.15) is 0 Å². The molecule has 2 aromatic rings. The van der Waals surface area contributed by atoms with Crippen LogP contribution in [0.25, 0.3) is 0 Å². The highest BCUT2D eigenvalue weighted by atomic mass is 32.1. The molecule has 0 atom stereocenters. The van der Waals surface area contributed by atoms with Crippen molar-refractivity contribution < 1.29 is 0 Å². The van der Waals surface area contributed by atoms with Crippen molar-refractivity contribution in [3.05, 3.63) is 34.9 Å². The number of thiocarbonyl (C=S) groups is 1. The molecule has 0 saturated heterocycles. The van der Waals surface area contributed by atoms with Crippen LogP contribution in [-0.4, -0.2) is 24.7 Å². The van der Waals surface area contributed by atoms with E-state index in [-0.39, 0.29) is 0 Å². The third-order valence-electron chi connectivity index (χ3n) is 3.41. The standard InChI is InChI=1S/C14H22N6S/c1-5-20-9-12(11(3)17-20)7-15-14(21)16-8-13-6-10(2)19(4)18-13/h6,9H,5,7-8H2,1-4H3,(H2,15,16,21). The maximum Gasteiger partial charge on any atom is 0.166 e. The Morgan fingerprint density at radius 3 is 2.52 bits per heavy atom. The quantitative estimate of drug-likeness (QED) is 0.818. The predicted octanol–water partition coefficient (Wildman–Crippen LogP) is 1.42. The molecule has 6 nitrogen and oxygen atoms in total. The number of nitrogens with one attached hydrogen (secondary N) is 2. The van der Waals surface area contributed by atoms with Crippen LogP contribution in [0.4, 0.5) is 0 Å². The molecule has 0 radical (unpaired) electrons. The highest BCUT2D eigenvalue weighted by molar-refractivity contribution is 7.80. The van der Waals surface area contributed by atoms with Gasteiger partial charge in [-0.15, -0.1) is 0 Å². The summed E-state index contributed by atoms with van der Waals surface area (Å²) in [7, 11) is 1.93. The van der Waals surface area contributed by atoms with Gasteiger partial charge in [0.25, 0.3) is 0 Å². The zero-order valence-corrected chi connectivity index (χ0v) is 13.8. The van der Waals surface area contributed by atoms with E-state index in [9.17, 15) is 0 Å². The minimum atomic E-state index is 0.626. The van der Waals surface area contributed by atoms with Crippen molar-refractivity contribution in [1.29, 1.82) is 0 Å². The molecule has 114 valence electrons. The molecule has 0 aromatic carbocycles. The highest BCUT2D eigenvalue weighted by Crippen LogP contribution is 2.05. The molecule has 2 aromatic heterocycles. The van der Waals surface area contributed by atoms with Gasteiger partial charge < -0.3 is 10.6 Å². The fraction of sp³-hybridized carbons (Fsp3) is 0.500. The van der Waals surface area contributed by atoms with Crippen molar-refractivity contribution in [1.82, 2.24) is 30.2 Å². The molecule has 0 aliphatic rings. The van der Waals surface area contributed by atoms with Gasteiger partial charge in [-0.05, 0) is 39.1 Å². The number of rotatable bonds is 5. The Morgan fingerprint density at radius 2 is 1.95 bits per heavy atom. The molecule has 0 bridgehead atoms. The lowest BCUT2D eigenvalue weighted by Gasteiger charge is -2.08. The molecule has 0 spiro atoms. The summed E-state index contributed by atoms with van der Waals surface area (Å²) >= 11 is 5.29. The Hall–Kier alpha value is -1.89. The van der Waals surface area contributed by atoms with Crippen LogP contribution >= 0.6 is 12.2 Å². The second kappa shape index (κ2) is 6.71. The minimum Gasteiger partial charge on any atom is -0.359 e. The monoisotopic (exact) mass is 306 g/mol. The van der Waals surface area contributed by atoms with E-state index in [0.29, 0.717) is 18.2 Å². The van der Waals surface area contributed by atoms with Gasteiger partial charge in [-0.1, -0.05) is 0 Å². The first-order chi connectivity index (χ1) is 9.99. The minimum absolute atomic E-state index is 0.626. The van der Waals surface area contributed by atoms with E-state index in [1.807, 2.05) is 42.5 Å². The third kappa shape index (κ3) is 4.04. The lowest BCUT2D eigenvalue weighted by Crippen LogP contribution is -2.34. The zero-order valence-electron chi connectivity index (χ0n) is 13.0. The van der Waals surface area contributed by atoms with Crippen molar-refractivity contribution in [2.45, 2.75) is 40.4 Å². The van der Waals surface area contributed by atoms with E-state index in [2.05, 4.69) is 27.8 Å². The first-order valence-corrected chi connectivity index (χ1v) is 7.44. The normalized spacial score (nSPS) is 10.7. The van der Waals surface area contributed by atoms with Crippen molar-refractivity contribution in [2.75, 3.05) is 0 Å².